The molecule has 26 heavy (non-hydrogen) atoms. The molecule has 0 aliphatic rings. The number of hydrazone groups is 1. The van der Waals surface area contributed by atoms with Gasteiger partial charge in [0.2, 0.25) is 5.13 Å². The molecule has 1 N–H and O–H groups in total. The second-order valence-corrected chi connectivity index (χ2v) is 6.13. The van der Waals surface area contributed by atoms with E-state index < -0.39 is 11.7 Å². The number of hydrogen-bond acceptors (Lipinski definition) is 4. The van der Waals surface area contributed by atoms with Gasteiger partial charge in [-0.2, -0.15) is 18.3 Å². The molecule has 0 radical (unpaired) electrons. The lowest BCUT2D eigenvalue weighted by Gasteiger charge is -2.06. The predicted molar refractivity (Wildman–Crippen MR) is 100 cm³/mol. The van der Waals surface area contributed by atoms with E-state index in [-0.39, 0.29) is 0 Å². The van der Waals surface area contributed by atoms with Crippen LogP contribution in [0, 0.1) is 0 Å². The number of rotatable bonds is 5. The van der Waals surface area contributed by atoms with Crippen LogP contribution in [0.2, 0.25) is 0 Å². The van der Waals surface area contributed by atoms with Gasteiger partial charge in [0.15, 0.2) is 0 Å². The molecule has 1 aromatic heterocycles. The van der Waals surface area contributed by atoms with Crippen molar-refractivity contribution in [2.24, 2.45) is 5.10 Å². The Morgan fingerprint density at radius 3 is 2.42 bits per heavy atom. The summed E-state index contributed by atoms with van der Waals surface area (Å²) in [7, 11) is 0. The minimum atomic E-state index is -4.34. The molecule has 0 atom stereocenters. The van der Waals surface area contributed by atoms with Crippen molar-refractivity contribution in [2.75, 3.05) is 5.43 Å². The fourth-order valence-corrected chi connectivity index (χ4v) is 2.81. The van der Waals surface area contributed by atoms with E-state index in [9.17, 15) is 13.2 Å². The fraction of sp³-hybridized carbons (Fsp3) is 0.0526. The largest absolute Gasteiger partial charge is 0.416 e. The van der Waals surface area contributed by atoms with Gasteiger partial charge in [0.25, 0.3) is 0 Å². The minimum Gasteiger partial charge on any atom is -0.253 e. The molecule has 0 amide bonds. The Hall–Kier alpha value is -2.93. The van der Waals surface area contributed by atoms with E-state index in [2.05, 4.69) is 15.5 Å². The molecule has 7 heteroatoms. The minimum absolute atomic E-state index is 0.559. The summed E-state index contributed by atoms with van der Waals surface area (Å²) < 4.78 is 37.8. The van der Waals surface area contributed by atoms with Crippen LogP contribution in [0.25, 0.3) is 17.3 Å². The van der Waals surface area contributed by atoms with Crippen LogP contribution in [-0.4, -0.2) is 11.2 Å². The van der Waals surface area contributed by atoms with E-state index >= 15 is 0 Å². The molecule has 0 spiro atoms. The number of anilines is 1. The monoisotopic (exact) mass is 373 g/mol. The van der Waals surface area contributed by atoms with Crippen molar-refractivity contribution in [3.05, 3.63) is 77.2 Å². The Balaban J connectivity index is 1.59. The highest BCUT2D eigenvalue weighted by atomic mass is 32.1. The third-order valence-corrected chi connectivity index (χ3v) is 4.17. The lowest BCUT2D eigenvalue weighted by Crippen LogP contribution is -2.03. The Kier molecular flexibility index (Phi) is 5.48. The number of aromatic nitrogens is 1. The van der Waals surface area contributed by atoms with Gasteiger partial charge in [0, 0.05) is 17.2 Å². The molecule has 0 bridgehead atoms. The smallest absolute Gasteiger partial charge is 0.253 e. The topological polar surface area (TPSA) is 37.3 Å². The van der Waals surface area contributed by atoms with Gasteiger partial charge < -0.3 is 0 Å². The van der Waals surface area contributed by atoms with Crippen LogP contribution in [0.4, 0.5) is 18.3 Å². The van der Waals surface area contributed by atoms with E-state index in [1.165, 1.54) is 23.5 Å². The van der Waals surface area contributed by atoms with Crippen LogP contribution in [0.15, 0.2) is 71.2 Å². The van der Waals surface area contributed by atoms with E-state index in [0.29, 0.717) is 16.4 Å². The first kappa shape index (κ1) is 17.9. The molecule has 1 heterocycles. The van der Waals surface area contributed by atoms with E-state index in [1.807, 2.05) is 36.4 Å². The van der Waals surface area contributed by atoms with Gasteiger partial charge >= 0.3 is 6.18 Å². The summed E-state index contributed by atoms with van der Waals surface area (Å²) in [5.74, 6) is 0. The lowest BCUT2D eigenvalue weighted by atomic mass is 10.1. The highest BCUT2D eigenvalue weighted by Crippen LogP contribution is 2.31. The van der Waals surface area contributed by atoms with Crippen molar-refractivity contribution < 1.29 is 13.2 Å². The normalized spacial score (nSPS) is 12.1. The van der Waals surface area contributed by atoms with Gasteiger partial charge in [-0.05, 0) is 23.8 Å². The maximum atomic E-state index is 12.6. The van der Waals surface area contributed by atoms with Crippen LogP contribution in [0.5, 0.6) is 0 Å². The Labute approximate surface area is 152 Å². The fourth-order valence-electron chi connectivity index (χ4n) is 2.14. The molecule has 132 valence electrons. The lowest BCUT2D eigenvalue weighted by molar-refractivity contribution is -0.137. The predicted octanol–water partition coefficient (Wildman–Crippen LogP) is 5.94. The van der Waals surface area contributed by atoms with Crippen LogP contribution in [-0.2, 0) is 6.18 Å². The molecule has 0 aliphatic heterocycles. The number of nitrogens with zero attached hydrogens (tertiary/aromatic N) is 2. The first-order valence-electron chi connectivity index (χ1n) is 7.66. The maximum absolute atomic E-state index is 12.6. The van der Waals surface area contributed by atoms with Crippen molar-refractivity contribution in [1.82, 2.24) is 4.98 Å². The summed E-state index contributed by atoms with van der Waals surface area (Å²) in [6, 6.07) is 14.7. The molecule has 0 fully saturated rings. The van der Waals surface area contributed by atoms with Gasteiger partial charge in [-0.3, -0.25) is 5.43 Å². The van der Waals surface area contributed by atoms with Crippen LogP contribution in [0.1, 0.15) is 11.1 Å². The van der Waals surface area contributed by atoms with Gasteiger partial charge in [0.1, 0.15) is 0 Å². The SMILES string of the molecule is FC(F)(F)c1ccc(-c2csc(N/N=C/C=C/c3ccccc3)n2)cc1. The standard InChI is InChI=1S/C19H14F3N3S/c20-19(21,22)16-10-8-15(9-11-16)17-13-26-18(24-17)25-23-12-4-7-14-5-2-1-3-6-14/h1-13H,(H,24,25)/b7-4+,23-12+. The highest BCUT2D eigenvalue weighted by Gasteiger charge is 2.30. The van der Waals surface area contributed by atoms with Crippen molar-refractivity contribution in [2.45, 2.75) is 6.18 Å². The number of alkyl halides is 3. The van der Waals surface area contributed by atoms with Gasteiger partial charge in [-0.1, -0.05) is 48.5 Å². The quantitative estimate of drug-likeness (QED) is 0.444. The zero-order valence-corrected chi connectivity index (χ0v) is 14.3. The number of hydrogen-bond donors (Lipinski definition) is 1. The maximum Gasteiger partial charge on any atom is 0.416 e. The average Bonchev–Trinajstić information content (AvgIpc) is 3.11. The molecular formula is C19H14F3N3S. The molecule has 2 aromatic carbocycles. The van der Waals surface area contributed by atoms with Crippen molar-refractivity contribution in [1.29, 1.82) is 0 Å². The van der Waals surface area contributed by atoms with Gasteiger partial charge in [-0.15, -0.1) is 11.3 Å². The van der Waals surface area contributed by atoms with Crippen LogP contribution >= 0.6 is 11.3 Å². The summed E-state index contributed by atoms with van der Waals surface area (Å²) in [4.78, 5) is 4.32. The Morgan fingerprint density at radius 2 is 1.73 bits per heavy atom. The molecule has 3 rings (SSSR count). The third kappa shape index (κ3) is 4.80. The second kappa shape index (κ2) is 7.97. The summed E-state index contributed by atoms with van der Waals surface area (Å²) in [5, 5.41) is 6.37. The van der Waals surface area contributed by atoms with E-state index in [4.69, 9.17) is 0 Å². The molecule has 0 aliphatic carbocycles. The van der Waals surface area contributed by atoms with Crippen LogP contribution < -0.4 is 5.43 Å². The molecule has 3 aromatic rings. The average molecular weight is 373 g/mol. The first-order chi connectivity index (χ1) is 12.5. The molecule has 0 unspecified atom stereocenters. The summed E-state index contributed by atoms with van der Waals surface area (Å²) in [6.45, 7) is 0. The number of thiazole rings is 1. The zero-order valence-electron chi connectivity index (χ0n) is 13.4. The molecule has 0 saturated carbocycles. The van der Waals surface area contributed by atoms with Gasteiger partial charge in [0.05, 0.1) is 11.3 Å². The number of allylic oxidation sites excluding steroid dienone is 1. The zero-order chi connectivity index (χ0) is 18.4. The highest BCUT2D eigenvalue weighted by molar-refractivity contribution is 7.14. The number of halogens is 3. The number of nitrogens with one attached hydrogen (secondary N) is 1. The van der Waals surface area contributed by atoms with Crippen molar-refractivity contribution in [3.63, 3.8) is 0 Å². The summed E-state index contributed by atoms with van der Waals surface area (Å²) in [6.07, 6.45) is 0.981. The summed E-state index contributed by atoms with van der Waals surface area (Å²) in [5.41, 5.74) is 4.41. The van der Waals surface area contributed by atoms with Gasteiger partial charge in [-0.25, -0.2) is 4.98 Å². The first-order valence-corrected chi connectivity index (χ1v) is 8.54. The summed E-state index contributed by atoms with van der Waals surface area (Å²) >= 11 is 1.33. The second-order valence-electron chi connectivity index (χ2n) is 5.27. The Morgan fingerprint density at radius 1 is 1.00 bits per heavy atom. The Bertz CT molecular complexity index is 898. The van der Waals surface area contributed by atoms with Crippen molar-refractivity contribution >= 4 is 28.8 Å². The van der Waals surface area contributed by atoms with Crippen molar-refractivity contribution in [3.8, 4) is 11.3 Å². The molecule has 3 nitrogen and oxygen atoms in total. The van der Waals surface area contributed by atoms with E-state index in [0.717, 1.165) is 17.7 Å². The van der Waals surface area contributed by atoms with Crippen LogP contribution in [0.3, 0.4) is 0 Å². The molecular weight excluding hydrogens is 359 g/mol. The number of benzene rings is 2. The van der Waals surface area contributed by atoms with E-state index in [1.54, 1.807) is 17.7 Å². The third-order valence-electron chi connectivity index (χ3n) is 3.42. The molecule has 0 saturated heterocycles.